The minimum Gasteiger partial charge on any atom is -0.545 e. The Bertz CT molecular complexity index is 958. The fourth-order valence-electron chi connectivity index (χ4n) is 3.67. The second kappa shape index (κ2) is 7.86. The van der Waals surface area contributed by atoms with Crippen LogP contribution in [0.5, 0.6) is 5.75 Å². The molecule has 30 heavy (non-hydrogen) atoms. The third-order valence-corrected chi connectivity index (χ3v) is 4.99. The number of pyridine rings is 1. The van der Waals surface area contributed by atoms with Gasteiger partial charge in [0.1, 0.15) is 11.5 Å². The zero-order valence-corrected chi connectivity index (χ0v) is 15.8. The highest BCUT2D eigenvalue weighted by Crippen LogP contribution is 2.40. The van der Waals surface area contributed by atoms with Crippen LogP contribution in [0.3, 0.4) is 0 Å². The molecule has 0 radical (unpaired) electrons. The molecule has 0 saturated carbocycles. The number of anilines is 2. The van der Waals surface area contributed by atoms with Crippen LogP contribution in [0.1, 0.15) is 5.56 Å². The Morgan fingerprint density at radius 3 is 2.47 bits per heavy atom. The number of carboxylic acid groups (broad SMARTS) is 1. The van der Waals surface area contributed by atoms with Crippen molar-refractivity contribution in [3.8, 4) is 5.75 Å². The topological polar surface area (TPSA) is 72.0 Å². The Morgan fingerprint density at radius 2 is 1.83 bits per heavy atom. The van der Waals surface area contributed by atoms with Gasteiger partial charge in [-0.1, -0.05) is 18.2 Å². The molecule has 0 N–H and O–H groups in total. The molecule has 10 heteroatoms. The van der Waals surface area contributed by atoms with E-state index in [-0.39, 0.29) is 23.4 Å². The molecular formula is C20H18F3N4O3-. The van der Waals surface area contributed by atoms with Crippen molar-refractivity contribution >= 4 is 17.5 Å². The second-order valence-corrected chi connectivity index (χ2v) is 6.90. The lowest BCUT2D eigenvalue weighted by atomic mass is 9.99. The molecule has 7 nitrogen and oxygen atoms in total. The van der Waals surface area contributed by atoms with E-state index in [0.717, 1.165) is 5.82 Å². The molecule has 3 heterocycles. The minimum absolute atomic E-state index is 0.0150. The average molecular weight is 419 g/mol. The number of alkyl halides is 3. The molecule has 4 rings (SSSR count). The lowest BCUT2D eigenvalue weighted by Crippen LogP contribution is -2.53. The number of aromatic nitrogens is 1. The van der Waals surface area contributed by atoms with Gasteiger partial charge in [0, 0.05) is 45.0 Å². The molecule has 1 fully saturated rings. The van der Waals surface area contributed by atoms with Gasteiger partial charge in [-0.05, 0) is 29.3 Å². The summed E-state index contributed by atoms with van der Waals surface area (Å²) in [6, 6.07) is 9.81. The summed E-state index contributed by atoms with van der Waals surface area (Å²) >= 11 is 0. The minimum atomic E-state index is -4.86. The number of piperazine rings is 1. The number of ether oxygens (including phenoxy) is 1. The normalized spacial score (nSPS) is 17.4. The number of hydrogen-bond acceptors (Lipinski definition) is 7. The van der Waals surface area contributed by atoms with Crippen molar-refractivity contribution in [1.29, 1.82) is 0 Å². The largest absolute Gasteiger partial charge is 0.573 e. The summed E-state index contributed by atoms with van der Waals surface area (Å²) in [5, 5.41) is 14.7. The number of hydrazine groups is 1. The Hall–Kier alpha value is -3.27. The molecule has 0 spiro atoms. The summed E-state index contributed by atoms with van der Waals surface area (Å²) in [4.78, 5) is 17.9. The summed E-state index contributed by atoms with van der Waals surface area (Å²) in [6.45, 7) is 2.04. The van der Waals surface area contributed by atoms with E-state index in [0.29, 0.717) is 31.7 Å². The molecule has 0 bridgehead atoms. The van der Waals surface area contributed by atoms with Gasteiger partial charge in [-0.15, -0.1) is 13.2 Å². The molecule has 2 aliphatic rings. The zero-order chi connectivity index (χ0) is 21.3. The molecule has 2 aliphatic heterocycles. The highest BCUT2D eigenvalue weighted by Gasteiger charge is 2.35. The van der Waals surface area contributed by atoms with E-state index in [1.165, 1.54) is 23.3 Å². The lowest BCUT2D eigenvalue weighted by Gasteiger charge is -2.43. The molecule has 1 aromatic heterocycles. The highest BCUT2D eigenvalue weighted by molar-refractivity contribution is 5.88. The van der Waals surface area contributed by atoms with Gasteiger partial charge in [-0.2, -0.15) is 0 Å². The lowest BCUT2D eigenvalue weighted by molar-refractivity contribution is -0.299. The van der Waals surface area contributed by atoms with E-state index >= 15 is 0 Å². The van der Waals surface area contributed by atoms with Gasteiger partial charge in [0.25, 0.3) is 0 Å². The molecule has 0 unspecified atom stereocenters. The predicted molar refractivity (Wildman–Crippen MR) is 100 cm³/mol. The fourth-order valence-corrected chi connectivity index (χ4v) is 3.67. The van der Waals surface area contributed by atoms with E-state index in [2.05, 4.69) is 14.6 Å². The van der Waals surface area contributed by atoms with Crippen LogP contribution in [0.2, 0.25) is 0 Å². The molecule has 0 aliphatic carbocycles. The zero-order valence-electron chi connectivity index (χ0n) is 15.8. The van der Waals surface area contributed by atoms with E-state index in [1.807, 2.05) is 18.2 Å². The first-order chi connectivity index (χ1) is 14.3. The summed E-state index contributed by atoms with van der Waals surface area (Å²) in [5.74, 6) is -0.927. The van der Waals surface area contributed by atoms with Gasteiger partial charge in [0.15, 0.2) is 5.75 Å². The van der Waals surface area contributed by atoms with Gasteiger partial charge in [-0.3, -0.25) is 5.01 Å². The predicted octanol–water partition coefficient (Wildman–Crippen LogP) is 1.71. The molecule has 0 atom stereocenters. The molecular weight excluding hydrogens is 401 g/mol. The number of halogens is 3. The number of carbonyl (C=O) groups excluding carboxylic acids is 1. The second-order valence-electron chi connectivity index (χ2n) is 6.90. The SMILES string of the molecule is O=C([O-])C1=CN(N2CCN(c3ccccn3)CC2)c2c(cccc2OC(F)(F)F)C1. The van der Waals surface area contributed by atoms with Crippen LogP contribution in [-0.4, -0.2) is 48.5 Å². The van der Waals surface area contributed by atoms with Gasteiger partial charge in [0.2, 0.25) is 0 Å². The Kier molecular flexibility index (Phi) is 5.25. The average Bonchev–Trinajstić information content (AvgIpc) is 2.73. The molecule has 158 valence electrons. The quantitative estimate of drug-likeness (QED) is 0.747. The number of rotatable bonds is 4. The van der Waals surface area contributed by atoms with Gasteiger partial charge in [0.05, 0.1) is 5.97 Å². The Morgan fingerprint density at radius 1 is 1.07 bits per heavy atom. The first kappa shape index (κ1) is 20.0. The number of para-hydroxylation sites is 1. The van der Waals surface area contributed by atoms with Crippen LogP contribution in [0.15, 0.2) is 54.4 Å². The van der Waals surface area contributed by atoms with Crippen LogP contribution in [0.25, 0.3) is 0 Å². The van der Waals surface area contributed by atoms with Crippen LogP contribution < -0.4 is 19.8 Å². The molecule has 2 aromatic rings. The maximum absolute atomic E-state index is 12.9. The van der Waals surface area contributed by atoms with Crippen LogP contribution in [0.4, 0.5) is 24.7 Å². The number of fused-ring (bicyclic) bond motifs is 1. The van der Waals surface area contributed by atoms with E-state index < -0.39 is 12.3 Å². The van der Waals surface area contributed by atoms with E-state index in [4.69, 9.17) is 0 Å². The van der Waals surface area contributed by atoms with Crippen LogP contribution >= 0.6 is 0 Å². The third kappa shape index (κ3) is 4.18. The van der Waals surface area contributed by atoms with E-state index in [9.17, 15) is 23.1 Å². The Labute approximate surface area is 170 Å². The molecule has 1 aromatic carbocycles. The number of hydrogen-bond donors (Lipinski definition) is 0. The first-order valence-corrected chi connectivity index (χ1v) is 9.31. The van der Waals surface area contributed by atoms with Crippen molar-refractivity contribution in [3.05, 3.63) is 59.9 Å². The smallest absolute Gasteiger partial charge is 0.545 e. The van der Waals surface area contributed by atoms with Gasteiger partial charge < -0.3 is 19.5 Å². The number of nitrogens with zero attached hydrogens (tertiary/aromatic N) is 4. The highest BCUT2D eigenvalue weighted by atomic mass is 19.4. The van der Waals surface area contributed by atoms with Crippen LogP contribution in [-0.2, 0) is 11.2 Å². The standard InChI is InChI=1S/C20H19F3N4O3/c21-20(22,23)30-16-5-3-4-14-12-15(19(28)29)13-27(18(14)16)26-10-8-25(9-11-26)17-6-1-2-7-24-17/h1-7,13H,8-12H2,(H,28,29)/p-1. The molecule has 0 amide bonds. The van der Waals surface area contributed by atoms with E-state index in [1.54, 1.807) is 17.3 Å². The summed E-state index contributed by atoms with van der Waals surface area (Å²) in [5.41, 5.74) is 0.593. The number of benzene rings is 1. The van der Waals surface area contributed by atoms with Gasteiger partial charge >= 0.3 is 6.36 Å². The van der Waals surface area contributed by atoms with Crippen molar-refractivity contribution < 1.29 is 27.8 Å². The number of aliphatic carboxylic acids is 1. The summed E-state index contributed by atoms with van der Waals surface area (Å²) in [7, 11) is 0. The number of carboxylic acids is 1. The first-order valence-electron chi connectivity index (χ1n) is 9.31. The maximum Gasteiger partial charge on any atom is 0.573 e. The molecule has 1 saturated heterocycles. The fraction of sp³-hybridized carbons (Fsp3) is 0.300. The number of carbonyl (C=O) groups is 1. The van der Waals surface area contributed by atoms with Crippen molar-refractivity contribution in [2.45, 2.75) is 12.8 Å². The van der Waals surface area contributed by atoms with Crippen molar-refractivity contribution in [1.82, 2.24) is 9.99 Å². The van der Waals surface area contributed by atoms with Crippen molar-refractivity contribution in [2.24, 2.45) is 0 Å². The maximum atomic E-state index is 12.9. The third-order valence-electron chi connectivity index (χ3n) is 4.99. The monoisotopic (exact) mass is 419 g/mol. The Balaban J connectivity index is 1.63. The van der Waals surface area contributed by atoms with Crippen molar-refractivity contribution in [2.75, 3.05) is 36.1 Å². The summed E-state index contributed by atoms with van der Waals surface area (Å²) < 4.78 is 43.0. The van der Waals surface area contributed by atoms with Crippen molar-refractivity contribution in [3.63, 3.8) is 0 Å². The van der Waals surface area contributed by atoms with Gasteiger partial charge in [-0.25, -0.2) is 9.99 Å². The summed E-state index contributed by atoms with van der Waals surface area (Å²) in [6.07, 6.45) is -1.90. The van der Waals surface area contributed by atoms with Crippen LogP contribution in [0, 0.1) is 0 Å².